The number of aromatic nitrogens is 2. The number of rotatable bonds is 5. The standard InChI is InChI=1S/C21H23N3O2/c1-5-26-23-21(25)20-13-19(17-10-9-15(3)16(4)12-17)22-24(20)18-8-6-7-14(2)11-18/h6-13H,5H2,1-4H3,(H,23,25). The molecule has 0 unspecified atom stereocenters. The molecule has 3 aromatic rings. The fourth-order valence-corrected chi connectivity index (χ4v) is 2.73. The lowest BCUT2D eigenvalue weighted by molar-refractivity contribution is 0.0357. The fourth-order valence-electron chi connectivity index (χ4n) is 2.73. The van der Waals surface area contributed by atoms with E-state index in [1.165, 1.54) is 11.1 Å². The largest absolute Gasteiger partial charge is 0.293 e. The molecule has 0 aliphatic carbocycles. The number of hydroxylamine groups is 1. The Bertz CT molecular complexity index is 944. The van der Waals surface area contributed by atoms with Gasteiger partial charge in [0.05, 0.1) is 18.0 Å². The van der Waals surface area contributed by atoms with Crippen LogP contribution in [0.3, 0.4) is 0 Å². The molecule has 1 N–H and O–H groups in total. The van der Waals surface area contributed by atoms with Gasteiger partial charge in [-0.3, -0.25) is 9.63 Å². The number of carbonyl (C=O) groups excluding carboxylic acids is 1. The molecule has 0 aliphatic rings. The van der Waals surface area contributed by atoms with E-state index in [-0.39, 0.29) is 5.91 Å². The van der Waals surface area contributed by atoms with Crippen LogP contribution in [0.5, 0.6) is 0 Å². The molecule has 1 amide bonds. The van der Waals surface area contributed by atoms with Gasteiger partial charge in [-0.1, -0.05) is 24.3 Å². The Morgan fingerprint density at radius 2 is 1.88 bits per heavy atom. The van der Waals surface area contributed by atoms with Crippen molar-refractivity contribution in [1.82, 2.24) is 15.3 Å². The summed E-state index contributed by atoms with van der Waals surface area (Å²) in [6.45, 7) is 8.37. The lowest BCUT2D eigenvalue weighted by Crippen LogP contribution is -2.26. The molecule has 1 aromatic heterocycles. The molecule has 0 bridgehead atoms. The highest BCUT2D eigenvalue weighted by atomic mass is 16.6. The highest BCUT2D eigenvalue weighted by Gasteiger charge is 2.18. The molecule has 0 atom stereocenters. The number of nitrogens with one attached hydrogen (secondary N) is 1. The van der Waals surface area contributed by atoms with Gasteiger partial charge in [0, 0.05) is 5.56 Å². The van der Waals surface area contributed by atoms with Gasteiger partial charge in [-0.15, -0.1) is 0 Å². The second kappa shape index (κ2) is 7.54. The van der Waals surface area contributed by atoms with Crippen molar-refractivity contribution in [3.8, 4) is 16.9 Å². The van der Waals surface area contributed by atoms with E-state index in [1.807, 2.05) is 44.2 Å². The Morgan fingerprint density at radius 3 is 2.58 bits per heavy atom. The Kier molecular flexibility index (Phi) is 5.19. The van der Waals surface area contributed by atoms with Crippen molar-refractivity contribution in [3.05, 3.63) is 70.9 Å². The zero-order chi connectivity index (χ0) is 18.7. The number of nitrogens with zero attached hydrogens (tertiary/aromatic N) is 2. The van der Waals surface area contributed by atoms with Gasteiger partial charge in [0.15, 0.2) is 0 Å². The molecule has 1 heterocycles. The third kappa shape index (κ3) is 3.68. The molecular weight excluding hydrogens is 326 g/mol. The van der Waals surface area contributed by atoms with E-state index in [9.17, 15) is 4.79 Å². The Morgan fingerprint density at radius 1 is 1.08 bits per heavy atom. The van der Waals surface area contributed by atoms with Gasteiger partial charge in [-0.25, -0.2) is 10.2 Å². The predicted octanol–water partition coefficient (Wildman–Crippen LogP) is 4.15. The number of hydrogen-bond donors (Lipinski definition) is 1. The molecule has 3 rings (SSSR count). The first-order valence-electron chi connectivity index (χ1n) is 8.66. The van der Waals surface area contributed by atoms with Gasteiger partial charge in [0.25, 0.3) is 5.91 Å². The summed E-state index contributed by atoms with van der Waals surface area (Å²) in [7, 11) is 0. The van der Waals surface area contributed by atoms with Crippen LogP contribution in [-0.2, 0) is 4.84 Å². The molecule has 134 valence electrons. The van der Waals surface area contributed by atoms with Crippen LogP contribution in [0.1, 0.15) is 34.1 Å². The third-order valence-electron chi connectivity index (χ3n) is 4.30. The van der Waals surface area contributed by atoms with E-state index in [0.29, 0.717) is 12.3 Å². The first kappa shape index (κ1) is 17.9. The van der Waals surface area contributed by atoms with Crippen LogP contribution in [0.15, 0.2) is 48.5 Å². The average molecular weight is 349 g/mol. The van der Waals surface area contributed by atoms with Crippen molar-refractivity contribution >= 4 is 5.91 Å². The van der Waals surface area contributed by atoms with E-state index in [2.05, 4.69) is 31.5 Å². The van der Waals surface area contributed by atoms with Crippen LogP contribution in [0, 0.1) is 20.8 Å². The van der Waals surface area contributed by atoms with Gasteiger partial charge >= 0.3 is 0 Å². The van der Waals surface area contributed by atoms with Crippen molar-refractivity contribution in [3.63, 3.8) is 0 Å². The maximum absolute atomic E-state index is 12.6. The highest BCUT2D eigenvalue weighted by molar-refractivity contribution is 5.93. The Labute approximate surface area is 153 Å². The molecule has 5 heteroatoms. The van der Waals surface area contributed by atoms with Crippen LogP contribution in [-0.4, -0.2) is 22.3 Å². The average Bonchev–Trinajstić information content (AvgIpc) is 3.07. The van der Waals surface area contributed by atoms with E-state index in [1.54, 1.807) is 10.7 Å². The van der Waals surface area contributed by atoms with Crippen LogP contribution in [0.4, 0.5) is 0 Å². The second-order valence-corrected chi connectivity index (χ2v) is 6.33. The van der Waals surface area contributed by atoms with Crippen molar-refractivity contribution in [2.75, 3.05) is 6.61 Å². The number of aryl methyl sites for hydroxylation is 3. The lowest BCUT2D eigenvalue weighted by Gasteiger charge is -2.08. The minimum atomic E-state index is -0.323. The fraction of sp³-hybridized carbons (Fsp3) is 0.238. The van der Waals surface area contributed by atoms with E-state index in [4.69, 9.17) is 9.94 Å². The number of benzene rings is 2. The summed E-state index contributed by atoms with van der Waals surface area (Å²) >= 11 is 0. The third-order valence-corrected chi connectivity index (χ3v) is 4.30. The summed E-state index contributed by atoms with van der Waals surface area (Å²) in [4.78, 5) is 17.6. The minimum absolute atomic E-state index is 0.323. The summed E-state index contributed by atoms with van der Waals surface area (Å²) in [5.41, 5.74) is 8.96. The first-order chi connectivity index (χ1) is 12.5. The first-order valence-corrected chi connectivity index (χ1v) is 8.66. The summed E-state index contributed by atoms with van der Waals surface area (Å²) in [5, 5.41) is 4.69. The van der Waals surface area contributed by atoms with E-state index >= 15 is 0 Å². The molecule has 0 radical (unpaired) electrons. The molecule has 0 saturated carbocycles. The normalized spacial score (nSPS) is 10.8. The highest BCUT2D eigenvalue weighted by Crippen LogP contribution is 2.24. The maximum Gasteiger partial charge on any atom is 0.293 e. The Hall–Kier alpha value is -2.92. The van der Waals surface area contributed by atoms with Crippen LogP contribution >= 0.6 is 0 Å². The summed E-state index contributed by atoms with van der Waals surface area (Å²) in [5.74, 6) is -0.323. The predicted molar refractivity (Wildman–Crippen MR) is 102 cm³/mol. The molecule has 0 spiro atoms. The molecule has 26 heavy (non-hydrogen) atoms. The van der Waals surface area contributed by atoms with E-state index < -0.39 is 0 Å². The van der Waals surface area contributed by atoms with Gasteiger partial charge in [-0.05, 0) is 68.7 Å². The number of amides is 1. The van der Waals surface area contributed by atoms with Crippen molar-refractivity contribution < 1.29 is 9.63 Å². The van der Waals surface area contributed by atoms with Gasteiger partial charge in [0.1, 0.15) is 5.69 Å². The molecule has 0 saturated heterocycles. The molecule has 0 fully saturated rings. The molecule has 0 aliphatic heterocycles. The van der Waals surface area contributed by atoms with Crippen molar-refractivity contribution in [2.45, 2.75) is 27.7 Å². The molecule has 5 nitrogen and oxygen atoms in total. The SMILES string of the molecule is CCONC(=O)c1cc(-c2ccc(C)c(C)c2)nn1-c1cccc(C)c1. The quantitative estimate of drug-likeness (QED) is 0.704. The van der Waals surface area contributed by atoms with Crippen molar-refractivity contribution in [1.29, 1.82) is 0 Å². The number of carbonyl (C=O) groups is 1. The van der Waals surface area contributed by atoms with Gasteiger partial charge in [0.2, 0.25) is 0 Å². The van der Waals surface area contributed by atoms with Crippen LogP contribution in [0.25, 0.3) is 16.9 Å². The van der Waals surface area contributed by atoms with Crippen molar-refractivity contribution in [2.24, 2.45) is 0 Å². The Balaban J connectivity index is 2.10. The topological polar surface area (TPSA) is 56.1 Å². The smallest absolute Gasteiger partial charge is 0.274 e. The van der Waals surface area contributed by atoms with Crippen LogP contribution < -0.4 is 5.48 Å². The monoisotopic (exact) mass is 349 g/mol. The summed E-state index contributed by atoms with van der Waals surface area (Å²) < 4.78 is 1.66. The van der Waals surface area contributed by atoms with Gasteiger partial charge < -0.3 is 0 Å². The number of hydrogen-bond acceptors (Lipinski definition) is 3. The zero-order valence-electron chi connectivity index (χ0n) is 15.5. The van der Waals surface area contributed by atoms with Gasteiger partial charge in [-0.2, -0.15) is 5.10 Å². The minimum Gasteiger partial charge on any atom is -0.274 e. The zero-order valence-corrected chi connectivity index (χ0v) is 15.5. The molecule has 2 aromatic carbocycles. The summed E-state index contributed by atoms with van der Waals surface area (Å²) in [6, 6.07) is 15.9. The second-order valence-electron chi connectivity index (χ2n) is 6.33. The lowest BCUT2D eigenvalue weighted by atomic mass is 10.0. The molecular formula is C21H23N3O2. The van der Waals surface area contributed by atoms with Crippen LogP contribution in [0.2, 0.25) is 0 Å². The summed E-state index contributed by atoms with van der Waals surface area (Å²) in [6.07, 6.45) is 0. The maximum atomic E-state index is 12.6. The van der Waals surface area contributed by atoms with E-state index in [0.717, 1.165) is 22.5 Å².